The Labute approximate surface area is 81.3 Å². The van der Waals surface area contributed by atoms with Crippen molar-refractivity contribution >= 4 is 0 Å². The van der Waals surface area contributed by atoms with Crippen LogP contribution in [0.25, 0.3) is 0 Å². The Hall–Kier alpha value is -1.04. The summed E-state index contributed by atoms with van der Waals surface area (Å²) in [6, 6.07) is 8.72. The molecule has 0 radical (unpaired) electrons. The molecule has 0 spiro atoms. The van der Waals surface area contributed by atoms with Crippen molar-refractivity contribution < 1.29 is 0 Å². The Bertz CT molecular complexity index is 271. The van der Waals surface area contributed by atoms with Gasteiger partial charge in [-0.15, -0.1) is 0 Å². The lowest BCUT2D eigenvalue weighted by atomic mass is 10.0. The van der Waals surface area contributed by atoms with Crippen molar-refractivity contribution in [2.75, 3.05) is 0 Å². The van der Waals surface area contributed by atoms with Crippen LogP contribution in [0.5, 0.6) is 0 Å². The minimum Gasteiger partial charge on any atom is -0.0913 e. The minimum absolute atomic E-state index is 1.08. The van der Waals surface area contributed by atoms with Crippen LogP contribution in [0, 0.1) is 0 Å². The van der Waals surface area contributed by atoms with E-state index in [1.165, 1.54) is 24.0 Å². The molecule has 0 unspecified atom stereocenters. The van der Waals surface area contributed by atoms with Crippen LogP contribution in [-0.2, 0) is 12.8 Å². The molecule has 0 aromatic heterocycles. The molecule has 0 N–H and O–H groups in total. The highest BCUT2D eigenvalue weighted by molar-refractivity contribution is 5.28. The number of benzene rings is 1. The second-order valence-corrected chi connectivity index (χ2v) is 3.29. The van der Waals surface area contributed by atoms with Gasteiger partial charge in [0, 0.05) is 0 Å². The molecule has 0 aliphatic carbocycles. The van der Waals surface area contributed by atoms with Gasteiger partial charge in [0.1, 0.15) is 0 Å². The SMILES string of the molecule is CC=CCc1ccccc1CCC. The van der Waals surface area contributed by atoms with Crippen molar-refractivity contribution in [3.63, 3.8) is 0 Å². The van der Waals surface area contributed by atoms with Crippen LogP contribution in [0.1, 0.15) is 31.4 Å². The zero-order valence-electron chi connectivity index (χ0n) is 8.59. The molecule has 0 heterocycles. The first-order valence-electron chi connectivity index (χ1n) is 5.06. The molecule has 0 saturated heterocycles. The van der Waals surface area contributed by atoms with E-state index in [0.29, 0.717) is 0 Å². The van der Waals surface area contributed by atoms with E-state index in [2.05, 4.69) is 50.3 Å². The van der Waals surface area contributed by atoms with Crippen LogP contribution in [-0.4, -0.2) is 0 Å². The first-order valence-corrected chi connectivity index (χ1v) is 5.06. The van der Waals surface area contributed by atoms with Gasteiger partial charge in [0.2, 0.25) is 0 Å². The van der Waals surface area contributed by atoms with E-state index in [4.69, 9.17) is 0 Å². The van der Waals surface area contributed by atoms with Gasteiger partial charge >= 0.3 is 0 Å². The van der Waals surface area contributed by atoms with Crippen molar-refractivity contribution in [2.45, 2.75) is 33.1 Å². The zero-order chi connectivity index (χ0) is 9.52. The largest absolute Gasteiger partial charge is 0.0913 e. The van der Waals surface area contributed by atoms with Crippen molar-refractivity contribution in [3.8, 4) is 0 Å². The molecule has 0 nitrogen and oxygen atoms in total. The van der Waals surface area contributed by atoms with Crippen LogP contribution in [0.2, 0.25) is 0 Å². The Morgan fingerprint density at radius 1 is 1.15 bits per heavy atom. The van der Waals surface area contributed by atoms with Gasteiger partial charge in [-0.1, -0.05) is 49.8 Å². The molecule has 70 valence electrons. The third kappa shape index (κ3) is 3.06. The summed E-state index contributed by atoms with van der Waals surface area (Å²) in [4.78, 5) is 0. The van der Waals surface area contributed by atoms with E-state index in [0.717, 1.165) is 6.42 Å². The second-order valence-electron chi connectivity index (χ2n) is 3.29. The van der Waals surface area contributed by atoms with Gasteiger partial charge in [-0.05, 0) is 30.9 Å². The Balaban J connectivity index is 2.77. The molecule has 0 aliphatic rings. The van der Waals surface area contributed by atoms with Gasteiger partial charge in [0.05, 0.1) is 0 Å². The summed E-state index contributed by atoms with van der Waals surface area (Å²) >= 11 is 0. The second kappa shape index (κ2) is 5.58. The summed E-state index contributed by atoms with van der Waals surface area (Å²) in [5.74, 6) is 0. The van der Waals surface area contributed by atoms with Gasteiger partial charge in [0.15, 0.2) is 0 Å². The van der Waals surface area contributed by atoms with Crippen LogP contribution >= 0.6 is 0 Å². The lowest BCUT2D eigenvalue weighted by molar-refractivity contribution is 0.906. The van der Waals surface area contributed by atoms with Crippen LogP contribution in [0.3, 0.4) is 0 Å². The summed E-state index contributed by atoms with van der Waals surface area (Å²) in [6.45, 7) is 4.30. The smallest absolute Gasteiger partial charge is 0.00948 e. The van der Waals surface area contributed by atoms with Gasteiger partial charge < -0.3 is 0 Å². The molecule has 1 rings (SSSR count). The molecule has 0 amide bonds. The van der Waals surface area contributed by atoms with Crippen LogP contribution in [0.15, 0.2) is 36.4 Å². The maximum atomic E-state index is 2.24. The Kier molecular flexibility index (Phi) is 4.31. The van der Waals surface area contributed by atoms with Gasteiger partial charge in [-0.2, -0.15) is 0 Å². The highest BCUT2D eigenvalue weighted by Crippen LogP contribution is 2.11. The average molecular weight is 174 g/mol. The number of allylic oxidation sites excluding steroid dienone is 2. The monoisotopic (exact) mass is 174 g/mol. The molecule has 13 heavy (non-hydrogen) atoms. The van der Waals surface area contributed by atoms with E-state index in [1.807, 2.05) is 0 Å². The summed E-state index contributed by atoms with van der Waals surface area (Å²) < 4.78 is 0. The average Bonchev–Trinajstić information content (AvgIpc) is 2.17. The number of hydrogen-bond acceptors (Lipinski definition) is 0. The number of hydrogen-bond donors (Lipinski definition) is 0. The van der Waals surface area contributed by atoms with Gasteiger partial charge in [0.25, 0.3) is 0 Å². The fourth-order valence-corrected chi connectivity index (χ4v) is 1.51. The Morgan fingerprint density at radius 3 is 2.46 bits per heavy atom. The van der Waals surface area contributed by atoms with Crippen molar-refractivity contribution in [3.05, 3.63) is 47.5 Å². The van der Waals surface area contributed by atoms with E-state index < -0.39 is 0 Å². The van der Waals surface area contributed by atoms with Crippen molar-refractivity contribution in [1.29, 1.82) is 0 Å². The summed E-state index contributed by atoms with van der Waals surface area (Å²) in [7, 11) is 0. The van der Waals surface area contributed by atoms with Gasteiger partial charge in [-0.25, -0.2) is 0 Å². The predicted molar refractivity (Wildman–Crippen MR) is 59.0 cm³/mol. The van der Waals surface area contributed by atoms with E-state index >= 15 is 0 Å². The minimum atomic E-state index is 1.08. The third-order valence-electron chi connectivity index (χ3n) is 2.21. The lowest BCUT2D eigenvalue weighted by Crippen LogP contribution is -1.91. The topological polar surface area (TPSA) is 0 Å². The molecular formula is C13H18. The van der Waals surface area contributed by atoms with Gasteiger partial charge in [-0.3, -0.25) is 0 Å². The fraction of sp³-hybridized carbons (Fsp3) is 0.385. The molecule has 0 aliphatic heterocycles. The molecule has 1 aromatic carbocycles. The molecule has 1 aromatic rings. The normalized spacial score (nSPS) is 10.9. The maximum absolute atomic E-state index is 2.24. The van der Waals surface area contributed by atoms with Crippen molar-refractivity contribution in [1.82, 2.24) is 0 Å². The lowest BCUT2D eigenvalue weighted by Gasteiger charge is -2.05. The summed E-state index contributed by atoms with van der Waals surface area (Å²) in [6.07, 6.45) is 7.84. The first kappa shape index (κ1) is 10.0. The fourth-order valence-electron chi connectivity index (χ4n) is 1.51. The standard InChI is InChI=1S/C13H18/c1-3-5-9-13-11-7-6-10-12(13)8-4-2/h3,5-7,10-11H,4,8-9H2,1-2H3. The van der Waals surface area contributed by atoms with Crippen molar-refractivity contribution in [2.24, 2.45) is 0 Å². The molecule has 0 atom stereocenters. The highest BCUT2D eigenvalue weighted by atomic mass is 14.0. The number of rotatable bonds is 4. The molecule has 0 saturated carbocycles. The molecule has 0 bridgehead atoms. The third-order valence-corrected chi connectivity index (χ3v) is 2.21. The molecule has 0 heteroatoms. The molecule has 0 fully saturated rings. The Morgan fingerprint density at radius 2 is 1.85 bits per heavy atom. The molecular weight excluding hydrogens is 156 g/mol. The van der Waals surface area contributed by atoms with E-state index in [9.17, 15) is 0 Å². The number of aryl methyl sites for hydroxylation is 1. The van der Waals surface area contributed by atoms with Crippen LogP contribution in [0.4, 0.5) is 0 Å². The highest BCUT2D eigenvalue weighted by Gasteiger charge is 1.97. The van der Waals surface area contributed by atoms with Crippen LogP contribution < -0.4 is 0 Å². The zero-order valence-corrected chi connectivity index (χ0v) is 8.59. The first-order chi connectivity index (χ1) is 6.38. The van der Waals surface area contributed by atoms with E-state index in [1.54, 1.807) is 0 Å². The summed E-state index contributed by atoms with van der Waals surface area (Å²) in [5, 5.41) is 0. The predicted octanol–water partition coefficient (Wildman–Crippen LogP) is 3.76. The van der Waals surface area contributed by atoms with E-state index in [-0.39, 0.29) is 0 Å². The summed E-state index contributed by atoms with van der Waals surface area (Å²) in [5.41, 5.74) is 2.98. The quantitative estimate of drug-likeness (QED) is 0.610. The maximum Gasteiger partial charge on any atom is -0.00948 e.